The Hall–Kier alpha value is -2.27. The number of aromatic nitrogens is 1. The van der Waals surface area contributed by atoms with Crippen LogP contribution in [-0.2, 0) is 11.3 Å². The largest absolute Gasteiger partial charge is 0.491 e. The number of ether oxygens (including phenoxy) is 1. The summed E-state index contributed by atoms with van der Waals surface area (Å²) in [6.07, 6.45) is 1.53. The summed E-state index contributed by atoms with van der Waals surface area (Å²) < 4.78 is 6.21. The normalized spacial score (nSPS) is 10.2. The van der Waals surface area contributed by atoms with Gasteiger partial charge in [0.1, 0.15) is 6.54 Å². The van der Waals surface area contributed by atoms with Gasteiger partial charge in [0.2, 0.25) is 5.91 Å². The minimum absolute atomic E-state index is 0.0957. The number of anilines is 1. The summed E-state index contributed by atoms with van der Waals surface area (Å²) in [5, 5.41) is 3.27. The number of aryl methyl sites for hydroxylation is 1. The highest BCUT2D eigenvalue weighted by atomic mass is 35.5. The molecule has 1 heterocycles. The van der Waals surface area contributed by atoms with Gasteiger partial charge >= 0.3 is 0 Å². The highest BCUT2D eigenvalue weighted by molar-refractivity contribution is 6.31. The molecule has 0 atom stereocenters. The van der Waals surface area contributed by atoms with Gasteiger partial charge in [-0.25, -0.2) is 0 Å². The van der Waals surface area contributed by atoms with E-state index in [2.05, 4.69) is 5.32 Å². The van der Waals surface area contributed by atoms with Crippen molar-refractivity contribution in [1.82, 2.24) is 4.57 Å². The van der Waals surface area contributed by atoms with E-state index < -0.39 is 0 Å². The molecule has 0 radical (unpaired) electrons. The summed E-state index contributed by atoms with van der Waals surface area (Å²) in [6, 6.07) is 8.44. The Morgan fingerprint density at radius 3 is 2.81 bits per heavy atom. The molecular formula is C15H15ClN2O3. The van der Waals surface area contributed by atoms with Crippen molar-refractivity contribution in [3.8, 4) is 5.75 Å². The summed E-state index contributed by atoms with van der Waals surface area (Å²) in [5.74, 6) is -0.117. The predicted octanol–water partition coefficient (Wildman–Crippen LogP) is 2.46. The molecule has 1 aromatic heterocycles. The number of methoxy groups -OCH3 is 1. The Balaban J connectivity index is 2.12. The van der Waals surface area contributed by atoms with Crippen molar-refractivity contribution >= 4 is 23.2 Å². The van der Waals surface area contributed by atoms with E-state index in [1.807, 2.05) is 13.0 Å². The van der Waals surface area contributed by atoms with Crippen LogP contribution in [0, 0.1) is 6.92 Å². The number of nitrogens with one attached hydrogen (secondary N) is 1. The van der Waals surface area contributed by atoms with Crippen molar-refractivity contribution in [3.63, 3.8) is 0 Å². The van der Waals surface area contributed by atoms with Crippen molar-refractivity contribution in [2.75, 3.05) is 12.4 Å². The minimum Gasteiger partial charge on any atom is -0.491 e. The maximum Gasteiger partial charge on any atom is 0.293 e. The van der Waals surface area contributed by atoms with Gasteiger partial charge in [-0.3, -0.25) is 9.59 Å². The van der Waals surface area contributed by atoms with Gasteiger partial charge in [0.05, 0.1) is 7.11 Å². The maximum absolute atomic E-state index is 12.0. The first-order valence-electron chi connectivity index (χ1n) is 6.30. The second-order valence-electron chi connectivity index (χ2n) is 4.52. The van der Waals surface area contributed by atoms with Crippen LogP contribution in [0.1, 0.15) is 5.56 Å². The molecule has 6 heteroatoms. The van der Waals surface area contributed by atoms with Crippen molar-refractivity contribution in [2.24, 2.45) is 0 Å². The van der Waals surface area contributed by atoms with Gasteiger partial charge in [-0.15, -0.1) is 0 Å². The second kappa shape index (κ2) is 6.45. The minimum atomic E-state index is -0.350. The smallest absolute Gasteiger partial charge is 0.293 e. The first-order valence-corrected chi connectivity index (χ1v) is 6.68. The number of carbonyl (C=O) groups excluding carboxylic acids is 1. The molecule has 0 saturated carbocycles. The van der Waals surface area contributed by atoms with Crippen LogP contribution >= 0.6 is 11.6 Å². The standard InChI is InChI=1S/C15H15ClN2O3/c1-10-5-6-11(8-12(10)16)17-14(19)9-18-7-3-4-13(21-2)15(18)20/h3-8H,9H2,1-2H3,(H,17,19). The Morgan fingerprint density at radius 2 is 2.14 bits per heavy atom. The number of hydrogen-bond donors (Lipinski definition) is 1. The number of halogens is 1. The number of amides is 1. The van der Waals surface area contributed by atoms with E-state index in [0.717, 1.165) is 5.56 Å². The van der Waals surface area contributed by atoms with E-state index in [1.54, 1.807) is 24.3 Å². The Morgan fingerprint density at radius 1 is 1.38 bits per heavy atom. The molecule has 0 aliphatic rings. The van der Waals surface area contributed by atoms with Crippen molar-refractivity contribution < 1.29 is 9.53 Å². The van der Waals surface area contributed by atoms with Gasteiger partial charge in [-0.2, -0.15) is 0 Å². The van der Waals surface area contributed by atoms with Crippen LogP contribution < -0.4 is 15.6 Å². The molecule has 2 aromatic rings. The summed E-state index contributed by atoms with van der Waals surface area (Å²) in [7, 11) is 1.41. The molecule has 0 saturated heterocycles. The zero-order chi connectivity index (χ0) is 15.4. The first-order chi connectivity index (χ1) is 10.0. The van der Waals surface area contributed by atoms with E-state index in [4.69, 9.17) is 16.3 Å². The van der Waals surface area contributed by atoms with Crippen molar-refractivity contribution in [1.29, 1.82) is 0 Å². The van der Waals surface area contributed by atoms with Gasteiger partial charge in [0, 0.05) is 16.9 Å². The maximum atomic E-state index is 12.0. The van der Waals surface area contributed by atoms with Crippen LogP contribution in [0.4, 0.5) is 5.69 Å². The number of hydrogen-bond acceptors (Lipinski definition) is 3. The lowest BCUT2D eigenvalue weighted by Gasteiger charge is -2.09. The number of benzene rings is 1. The quantitative estimate of drug-likeness (QED) is 0.944. The van der Waals surface area contributed by atoms with E-state index in [0.29, 0.717) is 10.7 Å². The number of nitrogens with zero attached hydrogens (tertiary/aromatic N) is 1. The fourth-order valence-corrected chi connectivity index (χ4v) is 2.00. The molecule has 0 aliphatic heterocycles. The lowest BCUT2D eigenvalue weighted by molar-refractivity contribution is -0.116. The predicted molar refractivity (Wildman–Crippen MR) is 82.1 cm³/mol. The lowest BCUT2D eigenvalue weighted by atomic mass is 10.2. The number of pyridine rings is 1. The lowest BCUT2D eigenvalue weighted by Crippen LogP contribution is -2.27. The van der Waals surface area contributed by atoms with E-state index in [9.17, 15) is 9.59 Å². The molecule has 1 aromatic carbocycles. The molecule has 0 unspecified atom stereocenters. The number of carbonyl (C=O) groups is 1. The van der Waals surface area contributed by atoms with Crippen LogP contribution in [0.15, 0.2) is 41.3 Å². The van der Waals surface area contributed by atoms with Crippen molar-refractivity contribution in [3.05, 3.63) is 57.5 Å². The molecule has 0 aliphatic carbocycles. The Labute approximate surface area is 127 Å². The third-order valence-electron chi connectivity index (χ3n) is 2.97. The fraction of sp³-hybridized carbons (Fsp3) is 0.200. The highest BCUT2D eigenvalue weighted by Gasteiger charge is 2.08. The average Bonchev–Trinajstić information content (AvgIpc) is 2.45. The van der Waals surface area contributed by atoms with Gasteiger partial charge in [-0.1, -0.05) is 17.7 Å². The van der Waals surface area contributed by atoms with Gasteiger partial charge < -0.3 is 14.6 Å². The first kappa shape index (κ1) is 15.1. The molecule has 1 amide bonds. The van der Waals surface area contributed by atoms with E-state index >= 15 is 0 Å². The monoisotopic (exact) mass is 306 g/mol. The van der Waals surface area contributed by atoms with Gasteiger partial charge in [0.25, 0.3) is 5.56 Å². The summed E-state index contributed by atoms with van der Waals surface area (Å²) in [4.78, 5) is 23.9. The molecule has 0 spiro atoms. The summed E-state index contributed by atoms with van der Waals surface area (Å²) in [6.45, 7) is 1.78. The zero-order valence-corrected chi connectivity index (χ0v) is 12.5. The van der Waals surface area contributed by atoms with Crippen LogP contribution in [0.2, 0.25) is 5.02 Å². The Kier molecular flexibility index (Phi) is 4.65. The summed E-state index contributed by atoms with van der Waals surface area (Å²) in [5.41, 5.74) is 1.17. The zero-order valence-electron chi connectivity index (χ0n) is 11.7. The second-order valence-corrected chi connectivity index (χ2v) is 4.93. The van der Waals surface area contributed by atoms with Crippen LogP contribution in [0.3, 0.4) is 0 Å². The third-order valence-corrected chi connectivity index (χ3v) is 3.38. The SMILES string of the molecule is COc1cccn(CC(=O)Nc2ccc(C)c(Cl)c2)c1=O. The average molecular weight is 307 g/mol. The number of rotatable bonds is 4. The molecule has 5 nitrogen and oxygen atoms in total. The van der Waals surface area contributed by atoms with Crippen LogP contribution in [0.25, 0.3) is 0 Å². The van der Waals surface area contributed by atoms with E-state index in [1.165, 1.54) is 17.9 Å². The van der Waals surface area contributed by atoms with Gasteiger partial charge in [0.15, 0.2) is 5.75 Å². The molecular weight excluding hydrogens is 292 g/mol. The van der Waals surface area contributed by atoms with Gasteiger partial charge in [-0.05, 0) is 36.8 Å². The molecule has 0 fully saturated rings. The Bertz CT molecular complexity index is 725. The third kappa shape index (κ3) is 3.64. The van der Waals surface area contributed by atoms with Crippen LogP contribution in [0.5, 0.6) is 5.75 Å². The molecule has 1 N–H and O–H groups in total. The molecule has 110 valence electrons. The summed E-state index contributed by atoms with van der Waals surface area (Å²) >= 11 is 6.00. The topological polar surface area (TPSA) is 60.3 Å². The fourth-order valence-electron chi connectivity index (χ4n) is 1.82. The highest BCUT2D eigenvalue weighted by Crippen LogP contribution is 2.19. The molecule has 0 bridgehead atoms. The van der Waals surface area contributed by atoms with Crippen molar-refractivity contribution in [2.45, 2.75) is 13.5 Å². The molecule has 21 heavy (non-hydrogen) atoms. The van der Waals surface area contributed by atoms with Crippen LogP contribution in [-0.4, -0.2) is 17.6 Å². The van der Waals surface area contributed by atoms with E-state index in [-0.39, 0.29) is 23.8 Å². The molecule has 2 rings (SSSR count).